The van der Waals surface area contributed by atoms with E-state index in [1.54, 1.807) is 30.3 Å². The zero-order valence-corrected chi connectivity index (χ0v) is 16.0. The Morgan fingerprint density at radius 3 is 2.29 bits per heavy atom. The zero-order chi connectivity index (χ0) is 22.2. The van der Waals surface area contributed by atoms with E-state index < -0.39 is 40.7 Å². The van der Waals surface area contributed by atoms with Crippen molar-refractivity contribution in [3.63, 3.8) is 0 Å². The van der Waals surface area contributed by atoms with Crippen LogP contribution in [0.4, 0.5) is 13.2 Å². The van der Waals surface area contributed by atoms with E-state index in [1.807, 2.05) is 0 Å². The molecule has 0 aliphatic heterocycles. The second-order valence-electron chi connectivity index (χ2n) is 7.08. The lowest BCUT2D eigenvalue weighted by Gasteiger charge is -2.20. The fraction of sp³-hybridized carbons (Fsp3) is 0.227. The van der Waals surface area contributed by atoms with Gasteiger partial charge in [0.2, 0.25) is 5.88 Å². The van der Waals surface area contributed by atoms with Crippen LogP contribution in [-0.4, -0.2) is 27.3 Å². The molecule has 0 atom stereocenters. The molecule has 6 nitrogen and oxygen atoms in total. The molecule has 0 radical (unpaired) electrons. The monoisotopic (exact) mass is 428 g/mol. The van der Waals surface area contributed by atoms with Crippen LogP contribution in [-0.2, 0) is 15.8 Å². The Balaban J connectivity index is 1.78. The maximum absolute atomic E-state index is 13.7. The smallest absolute Gasteiger partial charge is 0.434 e. The number of pyridine rings is 2. The molecule has 1 fully saturated rings. The van der Waals surface area contributed by atoms with Crippen LogP contribution in [0, 0.1) is 5.92 Å². The number of Topliss-reactive ketones (excluding diaryl/α,β-unsaturated/α-hetero) is 3. The van der Waals surface area contributed by atoms with Crippen LogP contribution in [0.5, 0.6) is 11.6 Å². The molecule has 2 heterocycles. The van der Waals surface area contributed by atoms with Gasteiger partial charge in [-0.1, -0.05) is 18.2 Å². The predicted octanol–water partition coefficient (Wildman–Crippen LogP) is 4.56. The summed E-state index contributed by atoms with van der Waals surface area (Å²) in [6.07, 6.45) is -4.74. The first-order valence-electron chi connectivity index (χ1n) is 9.45. The number of benzene rings is 1. The van der Waals surface area contributed by atoms with Gasteiger partial charge in [0.25, 0.3) is 0 Å². The van der Waals surface area contributed by atoms with E-state index in [1.165, 1.54) is 12.1 Å². The molecule has 0 bridgehead atoms. The summed E-state index contributed by atoms with van der Waals surface area (Å²) in [4.78, 5) is 44.6. The first kappa shape index (κ1) is 20.6. The maximum Gasteiger partial charge on any atom is 0.434 e. The summed E-state index contributed by atoms with van der Waals surface area (Å²) in [6, 6.07) is 12.3. The SMILES string of the molecule is O=C1CCCC(=O)C1C(=O)c1cc2ccc(Oc3ccccc3)nc2nc1C(F)(F)F. The highest BCUT2D eigenvalue weighted by Gasteiger charge is 2.43. The van der Waals surface area contributed by atoms with Crippen molar-refractivity contribution in [3.05, 3.63) is 59.8 Å². The summed E-state index contributed by atoms with van der Waals surface area (Å²) in [5.74, 6) is -3.77. The Morgan fingerprint density at radius 1 is 0.968 bits per heavy atom. The third kappa shape index (κ3) is 4.16. The Labute approximate surface area is 174 Å². The molecule has 2 aromatic heterocycles. The summed E-state index contributed by atoms with van der Waals surface area (Å²) in [5, 5.41) is 0.146. The van der Waals surface area contributed by atoms with E-state index in [0.717, 1.165) is 6.07 Å². The predicted molar refractivity (Wildman–Crippen MR) is 103 cm³/mol. The Bertz CT molecular complexity index is 1180. The van der Waals surface area contributed by atoms with Crippen LogP contribution in [0.15, 0.2) is 48.5 Å². The Hall–Kier alpha value is -3.62. The second kappa shape index (κ2) is 7.90. The normalized spacial score (nSPS) is 15.3. The number of carbonyl (C=O) groups excluding carboxylic acids is 3. The minimum Gasteiger partial charge on any atom is -0.439 e. The van der Waals surface area contributed by atoms with Crippen LogP contribution < -0.4 is 4.74 Å². The van der Waals surface area contributed by atoms with Crippen molar-refractivity contribution in [2.75, 3.05) is 0 Å². The molecule has 4 rings (SSSR count). The number of ether oxygens (including phenoxy) is 1. The molecule has 1 aromatic carbocycles. The first-order chi connectivity index (χ1) is 14.7. The van der Waals surface area contributed by atoms with Crippen molar-refractivity contribution >= 4 is 28.4 Å². The third-order valence-corrected chi connectivity index (χ3v) is 4.90. The first-order valence-corrected chi connectivity index (χ1v) is 9.45. The van der Waals surface area contributed by atoms with Crippen molar-refractivity contribution in [1.82, 2.24) is 9.97 Å². The lowest BCUT2D eigenvalue weighted by Crippen LogP contribution is -2.36. The van der Waals surface area contributed by atoms with Gasteiger partial charge in [-0.2, -0.15) is 18.2 Å². The molecule has 0 amide bonds. The van der Waals surface area contributed by atoms with E-state index in [9.17, 15) is 27.6 Å². The van der Waals surface area contributed by atoms with Crippen molar-refractivity contribution < 1.29 is 32.3 Å². The number of fused-ring (bicyclic) bond motifs is 1. The van der Waals surface area contributed by atoms with Crippen LogP contribution in [0.3, 0.4) is 0 Å². The molecular formula is C22H15F3N2O4. The highest BCUT2D eigenvalue weighted by molar-refractivity contribution is 6.25. The lowest BCUT2D eigenvalue weighted by atomic mass is 9.81. The van der Waals surface area contributed by atoms with E-state index in [-0.39, 0.29) is 36.2 Å². The van der Waals surface area contributed by atoms with Gasteiger partial charge in [-0.05, 0) is 30.7 Å². The van der Waals surface area contributed by atoms with Crippen LogP contribution in [0.2, 0.25) is 0 Å². The number of aromatic nitrogens is 2. The average Bonchev–Trinajstić information content (AvgIpc) is 2.72. The Kier molecular flexibility index (Phi) is 5.26. The van der Waals surface area contributed by atoms with Gasteiger partial charge in [0.1, 0.15) is 11.7 Å². The summed E-state index contributed by atoms with van der Waals surface area (Å²) in [6.45, 7) is 0. The molecule has 1 saturated carbocycles. The number of nitrogens with zero attached hydrogens (tertiary/aromatic N) is 2. The van der Waals surface area contributed by atoms with Gasteiger partial charge in [0.15, 0.2) is 28.7 Å². The van der Waals surface area contributed by atoms with Crippen LogP contribution in [0.25, 0.3) is 11.0 Å². The number of carbonyl (C=O) groups is 3. The fourth-order valence-corrected chi connectivity index (χ4v) is 3.46. The van der Waals surface area contributed by atoms with Crippen molar-refractivity contribution in [2.24, 2.45) is 5.92 Å². The van der Waals surface area contributed by atoms with Gasteiger partial charge in [0, 0.05) is 24.3 Å². The molecule has 31 heavy (non-hydrogen) atoms. The topological polar surface area (TPSA) is 86.2 Å². The average molecular weight is 428 g/mol. The summed E-state index contributed by atoms with van der Waals surface area (Å²) in [5.41, 5.74) is -2.58. The van der Waals surface area contributed by atoms with Crippen molar-refractivity contribution in [1.29, 1.82) is 0 Å². The standard InChI is InChI=1S/C22H15F3N2O4/c23-22(24,25)20-14(19(30)18-15(28)7-4-8-16(18)29)11-12-9-10-17(26-21(12)27-20)31-13-5-2-1-3-6-13/h1-3,5-6,9-11,18H,4,7-8H2. The van der Waals surface area contributed by atoms with Crippen LogP contribution in [0.1, 0.15) is 35.3 Å². The van der Waals surface area contributed by atoms with E-state index in [2.05, 4.69) is 9.97 Å². The van der Waals surface area contributed by atoms with Gasteiger partial charge < -0.3 is 4.74 Å². The fourth-order valence-electron chi connectivity index (χ4n) is 3.46. The molecule has 158 valence electrons. The second-order valence-corrected chi connectivity index (χ2v) is 7.08. The summed E-state index contributed by atoms with van der Waals surface area (Å²) >= 11 is 0. The number of hydrogen-bond donors (Lipinski definition) is 0. The highest BCUT2D eigenvalue weighted by Crippen LogP contribution is 2.35. The quantitative estimate of drug-likeness (QED) is 0.447. The summed E-state index contributed by atoms with van der Waals surface area (Å²) < 4.78 is 46.6. The molecule has 1 aliphatic rings. The lowest BCUT2D eigenvalue weighted by molar-refractivity contribution is -0.142. The minimum absolute atomic E-state index is 0.0216. The molecule has 0 N–H and O–H groups in total. The van der Waals surface area contributed by atoms with Crippen molar-refractivity contribution in [2.45, 2.75) is 25.4 Å². The van der Waals surface area contributed by atoms with Gasteiger partial charge in [-0.3, -0.25) is 14.4 Å². The zero-order valence-electron chi connectivity index (χ0n) is 16.0. The molecule has 0 unspecified atom stereocenters. The molecule has 0 spiro atoms. The highest BCUT2D eigenvalue weighted by atomic mass is 19.4. The number of alkyl halides is 3. The molecule has 1 aliphatic carbocycles. The largest absolute Gasteiger partial charge is 0.439 e. The molecule has 0 saturated heterocycles. The van der Waals surface area contributed by atoms with Gasteiger partial charge in [0.05, 0.1) is 5.56 Å². The number of para-hydroxylation sites is 1. The third-order valence-electron chi connectivity index (χ3n) is 4.90. The Morgan fingerprint density at radius 2 is 1.65 bits per heavy atom. The summed E-state index contributed by atoms with van der Waals surface area (Å²) in [7, 11) is 0. The minimum atomic E-state index is -4.99. The van der Waals surface area contributed by atoms with Crippen molar-refractivity contribution in [3.8, 4) is 11.6 Å². The number of hydrogen-bond acceptors (Lipinski definition) is 6. The van der Waals surface area contributed by atoms with Gasteiger partial charge >= 0.3 is 6.18 Å². The number of halogens is 3. The number of rotatable bonds is 4. The van der Waals surface area contributed by atoms with E-state index >= 15 is 0 Å². The molecule has 9 heteroatoms. The van der Waals surface area contributed by atoms with Gasteiger partial charge in [-0.15, -0.1) is 0 Å². The molecular weight excluding hydrogens is 413 g/mol. The van der Waals surface area contributed by atoms with Crippen LogP contribution >= 0.6 is 0 Å². The molecule has 3 aromatic rings. The number of ketones is 3. The van der Waals surface area contributed by atoms with Gasteiger partial charge in [-0.25, -0.2) is 4.98 Å². The maximum atomic E-state index is 13.7. The van der Waals surface area contributed by atoms with E-state index in [0.29, 0.717) is 5.75 Å². The van der Waals surface area contributed by atoms with E-state index in [4.69, 9.17) is 4.74 Å².